The first-order chi connectivity index (χ1) is 9.93. The molecule has 2 N–H and O–H groups in total. The van der Waals surface area contributed by atoms with Gasteiger partial charge in [0, 0.05) is 18.2 Å². The Morgan fingerprint density at radius 1 is 1.24 bits per heavy atom. The third-order valence-electron chi connectivity index (χ3n) is 4.38. The Labute approximate surface area is 128 Å². The molecule has 0 saturated heterocycles. The number of amides is 1. The van der Waals surface area contributed by atoms with Crippen molar-refractivity contribution in [3.05, 3.63) is 35.4 Å². The molecule has 0 radical (unpaired) electrons. The van der Waals surface area contributed by atoms with Gasteiger partial charge in [0.1, 0.15) is 0 Å². The summed E-state index contributed by atoms with van der Waals surface area (Å²) in [6.45, 7) is 7.98. The van der Waals surface area contributed by atoms with Gasteiger partial charge < -0.3 is 10.6 Å². The van der Waals surface area contributed by atoms with Crippen LogP contribution in [0.3, 0.4) is 0 Å². The number of hydrogen-bond acceptors (Lipinski definition) is 2. The molecular weight excluding hydrogens is 260 g/mol. The Bertz CT molecular complexity index is 469. The molecule has 2 rings (SSSR count). The fourth-order valence-corrected chi connectivity index (χ4v) is 2.69. The van der Waals surface area contributed by atoms with Gasteiger partial charge in [0.15, 0.2) is 0 Å². The highest BCUT2D eigenvalue weighted by molar-refractivity contribution is 5.94. The molecule has 1 aliphatic rings. The van der Waals surface area contributed by atoms with E-state index in [-0.39, 0.29) is 11.3 Å². The van der Waals surface area contributed by atoms with Crippen LogP contribution in [0.25, 0.3) is 0 Å². The predicted octanol–water partition coefficient (Wildman–Crippen LogP) is 3.33. The quantitative estimate of drug-likeness (QED) is 0.903. The average molecular weight is 288 g/mol. The number of rotatable bonds is 5. The minimum absolute atomic E-state index is 0.120. The highest BCUT2D eigenvalue weighted by atomic mass is 16.2. The Kier molecular flexibility index (Phi) is 5.04. The van der Waals surface area contributed by atoms with Crippen LogP contribution in [0.5, 0.6) is 0 Å². The zero-order valence-electron chi connectivity index (χ0n) is 13.6. The van der Waals surface area contributed by atoms with E-state index >= 15 is 0 Å². The first kappa shape index (κ1) is 16.0. The van der Waals surface area contributed by atoms with E-state index in [1.54, 1.807) is 0 Å². The van der Waals surface area contributed by atoms with Gasteiger partial charge in [0.2, 0.25) is 0 Å². The van der Waals surface area contributed by atoms with Crippen molar-refractivity contribution < 1.29 is 4.79 Å². The molecule has 0 aliphatic heterocycles. The first-order valence-corrected chi connectivity index (χ1v) is 8.05. The molecule has 0 bridgehead atoms. The van der Waals surface area contributed by atoms with Crippen LogP contribution in [0.2, 0.25) is 0 Å². The summed E-state index contributed by atoms with van der Waals surface area (Å²) < 4.78 is 0. The Balaban J connectivity index is 2.12. The van der Waals surface area contributed by atoms with Gasteiger partial charge in [-0.05, 0) is 55.3 Å². The molecule has 1 aromatic rings. The molecule has 3 nitrogen and oxygen atoms in total. The third-order valence-corrected chi connectivity index (χ3v) is 4.38. The highest BCUT2D eigenvalue weighted by Gasteiger charge is 2.29. The summed E-state index contributed by atoms with van der Waals surface area (Å²) in [5, 5.41) is 0. The number of hydrogen-bond donors (Lipinski definition) is 1. The van der Waals surface area contributed by atoms with Gasteiger partial charge >= 0.3 is 0 Å². The molecule has 0 atom stereocenters. The second kappa shape index (κ2) is 6.61. The van der Waals surface area contributed by atoms with Crippen LogP contribution in [0.4, 0.5) is 0 Å². The monoisotopic (exact) mass is 288 g/mol. The molecule has 1 fully saturated rings. The SMILES string of the molecule is CC(C)(C)c1ccc(C(=O)N(CCCN)C2CCC2)cc1. The zero-order chi connectivity index (χ0) is 15.5. The Morgan fingerprint density at radius 2 is 1.86 bits per heavy atom. The van der Waals surface area contributed by atoms with E-state index in [0.29, 0.717) is 12.6 Å². The van der Waals surface area contributed by atoms with Gasteiger partial charge in [-0.25, -0.2) is 0 Å². The second-order valence-electron chi connectivity index (χ2n) is 7.05. The van der Waals surface area contributed by atoms with Gasteiger partial charge in [-0.3, -0.25) is 4.79 Å². The molecule has 1 aromatic carbocycles. The molecular formula is C18H28N2O. The fraction of sp³-hybridized carbons (Fsp3) is 0.611. The number of carbonyl (C=O) groups excluding carboxylic acids is 1. The van der Waals surface area contributed by atoms with E-state index in [2.05, 4.69) is 32.9 Å². The molecule has 0 unspecified atom stereocenters. The predicted molar refractivity (Wildman–Crippen MR) is 87.5 cm³/mol. The summed E-state index contributed by atoms with van der Waals surface area (Å²) in [6, 6.07) is 8.52. The van der Waals surface area contributed by atoms with Gasteiger partial charge in [-0.1, -0.05) is 32.9 Å². The van der Waals surface area contributed by atoms with Crippen molar-refractivity contribution in [2.45, 2.75) is 57.9 Å². The summed E-state index contributed by atoms with van der Waals surface area (Å²) in [6.07, 6.45) is 4.38. The molecule has 1 aliphatic carbocycles. The van der Waals surface area contributed by atoms with Crippen LogP contribution < -0.4 is 5.73 Å². The largest absolute Gasteiger partial charge is 0.336 e. The lowest BCUT2D eigenvalue weighted by molar-refractivity contribution is 0.0578. The molecule has 1 amide bonds. The van der Waals surface area contributed by atoms with Gasteiger partial charge in [0.25, 0.3) is 5.91 Å². The molecule has 0 aromatic heterocycles. The van der Waals surface area contributed by atoms with E-state index in [9.17, 15) is 4.79 Å². The summed E-state index contributed by atoms with van der Waals surface area (Å²) >= 11 is 0. The zero-order valence-corrected chi connectivity index (χ0v) is 13.6. The van der Waals surface area contributed by atoms with Gasteiger partial charge in [0.05, 0.1) is 0 Å². The normalized spacial score (nSPS) is 15.6. The van der Waals surface area contributed by atoms with E-state index < -0.39 is 0 Å². The van der Waals surface area contributed by atoms with Crippen LogP contribution in [0.1, 0.15) is 62.4 Å². The average Bonchev–Trinajstić information content (AvgIpc) is 2.39. The van der Waals surface area contributed by atoms with Crippen LogP contribution >= 0.6 is 0 Å². The minimum atomic E-state index is 0.120. The lowest BCUT2D eigenvalue weighted by Crippen LogP contribution is -2.45. The minimum Gasteiger partial charge on any atom is -0.336 e. The fourth-order valence-electron chi connectivity index (χ4n) is 2.69. The van der Waals surface area contributed by atoms with Gasteiger partial charge in [-0.2, -0.15) is 0 Å². The van der Waals surface area contributed by atoms with Crippen LogP contribution in [0, 0.1) is 0 Å². The Morgan fingerprint density at radius 3 is 2.29 bits per heavy atom. The smallest absolute Gasteiger partial charge is 0.254 e. The molecule has 0 heterocycles. The van der Waals surface area contributed by atoms with E-state index in [0.717, 1.165) is 31.4 Å². The number of benzene rings is 1. The van der Waals surface area contributed by atoms with Crippen molar-refractivity contribution >= 4 is 5.91 Å². The lowest BCUT2D eigenvalue weighted by Gasteiger charge is -2.37. The van der Waals surface area contributed by atoms with Crippen LogP contribution in [-0.4, -0.2) is 29.9 Å². The molecule has 0 spiro atoms. The van der Waals surface area contributed by atoms with Crippen LogP contribution in [-0.2, 0) is 5.41 Å². The van der Waals surface area contributed by atoms with Crippen molar-refractivity contribution in [3.63, 3.8) is 0 Å². The summed E-state index contributed by atoms with van der Waals surface area (Å²) in [5.41, 5.74) is 7.78. The summed E-state index contributed by atoms with van der Waals surface area (Å²) in [5.74, 6) is 0.161. The second-order valence-corrected chi connectivity index (χ2v) is 7.05. The molecule has 3 heteroatoms. The van der Waals surface area contributed by atoms with Crippen molar-refractivity contribution in [3.8, 4) is 0 Å². The van der Waals surface area contributed by atoms with E-state index in [1.807, 2.05) is 17.0 Å². The van der Waals surface area contributed by atoms with Crippen molar-refractivity contribution in [2.24, 2.45) is 5.73 Å². The third kappa shape index (κ3) is 3.85. The number of nitrogens with two attached hydrogens (primary N) is 1. The Hall–Kier alpha value is -1.35. The first-order valence-electron chi connectivity index (χ1n) is 8.05. The maximum absolute atomic E-state index is 12.7. The maximum atomic E-state index is 12.7. The summed E-state index contributed by atoms with van der Waals surface area (Å²) in [7, 11) is 0. The lowest BCUT2D eigenvalue weighted by atomic mass is 9.86. The van der Waals surface area contributed by atoms with Gasteiger partial charge in [-0.15, -0.1) is 0 Å². The maximum Gasteiger partial charge on any atom is 0.254 e. The van der Waals surface area contributed by atoms with E-state index in [4.69, 9.17) is 5.73 Å². The number of nitrogens with zero attached hydrogens (tertiary/aromatic N) is 1. The van der Waals surface area contributed by atoms with Crippen molar-refractivity contribution in [1.29, 1.82) is 0 Å². The highest BCUT2D eigenvalue weighted by Crippen LogP contribution is 2.27. The van der Waals surface area contributed by atoms with Crippen LogP contribution in [0.15, 0.2) is 24.3 Å². The molecule has 1 saturated carbocycles. The van der Waals surface area contributed by atoms with E-state index in [1.165, 1.54) is 12.0 Å². The van der Waals surface area contributed by atoms with Crippen molar-refractivity contribution in [2.75, 3.05) is 13.1 Å². The standard InChI is InChI=1S/C18H28N2O/c1-18(2,3)15-10-8-14(9-11-15)17(21)20(13-5-12-19)16-6-4-7-16/h8-11,16H,4-7,12-13,19H2,1-3H3. The topological polar surface area (TPSA) is 46.3 Å². The number of carbonyl (C=O) groups is 1. The molecule has 21 heavy (non-hydrogen) atoms. The van der Waals surface area contributed by atoms with Crippen molar-refractivity contribution in [1.82, 2.24) is 4.90 Å². The summed E-state index contributed by atoms with van der Waals surface area (Å²) in [4.78, 5) is 14.8. The molecule has 116 valence electrons.